The Morgan fingerprint density at radius 2 is 1.41 bits per heavy atom. The van der Waals surface area contributed by atoms with Crippen molar-refractivity contribution in [2.45, 2.75) is 35.7 Å². The second kappa shape index (κ2) is 8.86. The average Bonchev–Trinajstić information content (AvgIpc) is 3.17. The largest absolute Gasteiger partial charge is 0.334 e. The molecule has 178 valence electrons. The standard InChI is InChI=1S/C24H25N3O5S2/c1-17(2)27-23(16-26(24(27)28)34(31,32)21-11-4-3-5-12-21)20-10-6-8-18(14-20)19-9-7-13-22(15-19)33(25,29)30/h3-15,17,23H,16H2,1-2H3,(H2,25,29,30). The smallest absolute Gasteiger partial charge is 0.312 e. The number of benzene rings is 3. The number of nitrogens with two attached hydrogens (primary N) is 1. The molecule has 1 saturated heterocycles. The maximum Gasteiger partial charge on any atom is 0.334 e. The Morgan fingerprint density at radius 3 is 2.03 bits per heavy atom. The molecule has 3 aromatic rings. The average molecular weight is 500 g/mol. The minimum atomic E-state index is -4.02. The van der Waals surface area contributed by atoms with Crippen LogP contribution in [0.15, 0.2) is 88.7 Å². The third-order valence-electron chi connectivity index (χ3n) is 5.76. The van der Waals surface area contributed by atoms with Gasteiger partial charge in [0, 0.05) is 6.04 Å². The summed E-state index contributed by atoms with van der Waals surface area (Å²) < 4.78 is 50.9. The van der Waals surface area contributed by atoms with Gasteiger partial charge in [0.15, 0.2) is 0 Å². The molecule has 0 spiro atoms. The quantitative estimate of drug-likeness (QED) is 0.556. The van der Waals surface area contributed by atoms with Gasteiger partial charge in [-0.25, -0.2) is 31.1 Å². The molecule has 34 heavy (non-hydrogen) atoms. The van der Waals surface area contributed by atoms with E-state index in [1.807, 2.05) is 32.0 Å². The highest BCUT2D eigenvalue weighted by Gasteiger charge is 2.45. The number of amides is 2. The van der Waals surface area contributed by atoms with Crippen LogP contribution in [0.1, 0.15) is 25.5 Å². The van der Waals surface area contributed by atoms with Crippen LogP contribution in [0, 0.1) is 0 Å². The van der Waals surface area contributed by atoms with Crippen molar-refractivity contribution < 1.29 is 21.6 Å². The fourth-order valence-corrected chi connectivity index (χ4v) is 6.08. The second-order valence-corrected chi connectivity index (χ2v) is 11.8. The number of urea groups is 1. The van der Waals surface area contributed by atoms with E-state index >= 15 is 0 Å². The van der Waals surface area contributed by atoms with Crippen LogP contribution in [-0.4, -0.2) is 44.7 Å². The Labute approximate surface area is 199 Å². The number of sulfonamides is 2. The first kappa shape index (κ1) is 23.9. The van der Waals surface area contributed by atoms with Gasteiger partial charge in [0.1, 0.15) is 0 Å². The summed E-state index contributed by atoms with van der Waals surface area (Å²) in [5, 5.41) is 5.27. The Bertz CT molecular complexity index is 1440. The van der Waals surface area contributed by atoms with E-state index in [2.05, 4.69) is 0 Å². The van der Waals surface area contributed by atoms with Crippen molar-refractivity contribution in [3.63, 3.8) is 0 Å². The number of hydrogen-bond donors (Lipinski definition) is 1. The van der Waals surface area contributed by atoms with Crippen LogP contribution in [0.5, 0.6) is 0 Å². The lowest BCUT2D eigenvalue weighted by atomic mass is 9.99. The molecule has 0 bridgehead atoms. The number of nitrogens with zero attached hydrogens (tertiary/aromatic N) is 2. The van der Waals surface area contributed by atoms with Crippen LogP contribution < -0.4 is 5.14 Å². The maximum atomic E-state index is 13.3. The van der Waals surface area contributed by atoms with E-state index in [1.54, 1.807) is 41.3 Å². The zero-order chi connectivity index (χ0) is 24.7. The number of rotatable bonds is 6. The van der Waals surface area contributed by atoms with E-state index in [4.69, 9.17) is 5.14 Å². The molecule has 8 nitrogen and oxygen atoms in total. The zero-order valence-electron chi connectivity index (χ0n) is 18.7. The van der Waals surface area contributed by atoms with Gasteiger partial charge in [-0.05, 0) is 60.9 Å². The first-order valence-corrected chi connectivity index (χ1v) is 13.6. The van der Waals surface area contributed by atoms with Crippen molar-refractivity contribution in [1.82, 2.24) is 9.21 Å². The van der Waals surface area contributed by atoms with Crippen molar-refractivity contribution in [1.29, 1.82) is 0 Å². The number of hydrogen-bond acceptors (Lipinski definition) is 5. The highest BCUT2D eigenvalue weighted by Crippen LogP contribution is 2.36. The second-order valence-electron chi connectivity index (χ2n) is 8.35. The minimum Gasteiger partial charge on any atom is -0.312 e. The van der Waals surface area contributed by atoms with Gasteiger partial charge in [0.05, 0.1) is 22.4 Å². The van der Waals surface area contributed by atoms with Crippen LogP contribution >= 0.6 is 0 Å². The molecule has 1 aliphatic rings. The van der Waals surface area contributed by atoms with E-state index in [0.717, 1.165) is 15.4 Å². The van der Waals surface area contributed by atoms with Crippen LogP contribution in [0.4, 0.5) is 4.79 Å². The molecular weight excluding hydrogens is 474 g/mol. The van der Waals surface area contributed by atoms with Gasteiger partial charge in [-0.3, -0.25) is 0 Å². The molecule has 0 saturated carbocycles. The predicted molar refractivity (Wildman–Crippen MR) is 129 cm³/mol. The Morgan fingerprint density at radius 1 is 0.824 bits per heavy atom. The summed E-state index contributed by atoms with van der Waals surface area (Å²) >= 11 is 0. The van der Waals surface area contributed by atoms with Crippen molar-refractivity contribution in [3.8, 4) is 11.1 Å². The number of primary sulfonamides is 1. The third kappa shape index (κ3) is 4.44. The molecule has 4 rings (SSSR count). The van der Waals surface area contributed by atoms with E-state index in [9.17, 15) is 21.6 Å². The number of carbonyl (C=O) groups is 1. The summed E-state index contributed by atoms with van der Waals surface area (Å²) in [6.45, 7) is 3.64. The lowest BCUT2D eigenvalue weighted by Crippen LogP contribution is -2.39. The lowest BCUT2D eigenvalue weighted by molar-refractivity contribution is 0.181. The van der Waals surface area contributed by atoms with Gasteiger partial charge in [-0.15, -0.1) is 0 Å². The minimum absolute atomic E-state index is 0.00427. The molecule has 1 heterocycles. The normalized spacial score (nSPS) is 16.9. The van der Waals surface area contributed by atoms with E-state index in [1.165, 1.54) is 24.3 Å². The topological polar surface area (TPSA) is 118 Å². The molecule has 10 heteroatoms. The van der Waals surface area contributed by atoms with E-state index < -0.39 is 32.1 Å². The highest BCUT2D eigenvalue weighted by atomic mass is 32.2. The summed E-state index contributed by atoms with van der Waals surface area (Å²) in [5.74, 6) is 0. The van der Waals surface area contributed by atoms with Crippen LogP contribution in [-0.2, 0) is 20.0 Å². The molecule has 0 aliphatic carbocycles. The summed E-state index contributed by atoms with van der Waals surface area (Å²) in [6.07, 6.45) is 0. The van der Waals surface area contributed by atoms with Crippen molar-refractivity contribution >= 4 is 26.1 Å². The summed E-state index contributed by atoms with van der Waals surface area (Å²) in [4.78, 5) is 14.9. The molecule has 0 aromatic heterocycles. The van der Waals surface area contributed by atoms with Gasteiger partial charge in [-0.2, -0.15) is 0 Å². The van der Waals surface area contributed by atoms with Gasteiger partial charge >= 0.3 is 6.03 Å². The Balaban J connectivity index is 1.74. The first-order chi connectivity index (χ1) is 16.0. The molecule has 3 aromatic carbocycles. The van der Waals surface area contributed by atoms with Gasteiger partial charge in [0.25, 0.3) is 10.0 Å². The predicted octanol–water partition coefficient (Wildman–Crippen LogP) is 3.58. The molecule has 1 unspecified atom stereocenters. The molecule has 0 radical (unpaired) electrons. The van der Waals surface area contributed by atoms with Crippen molar-refractivity contribution in [2.75, 3.05) is 6.54 Å². The monoisotopic (exact) mass is 499 g/mol. The Hall–Kier alpha value is -3.21. The van der Waals surface area contributed by atoms with Crippen LogP contribution in [0.25, 0.3) is 11.1 Å². The van der Waals surface area contributed by atoms with Crippen molar-refractivity contribution in [3.05, 3.63) is 84.4 Å². The number of carbonyl (C=O) groups excluding carboxylic acids is 1. The van der Waals surface area contributed by atoms with E-state index in [-0.39, 0.29) is 22.4 Å². The van der Waals surface area contributed by atoms with Crippen LogP contribution in [0.2, 0.25) is 0 Å². The molecule has 1 aliphatic heterocycles. The van der Waals surface area contributed by atoms with Crippen molar-refractivity contribution in [2.24, 2.45) is 5.14 Å². The summed E-state index contributed by atoms with van der Waals surface area (Å²) in [7, 11) is -7.88. The molecule has 1 fully saturated rings. The summed E-state index contributed by atoms with van der Waals surface area (Å²) in [5.41, 5.74) is 2.11. The van der Waals surface area contributed by atoms with Gasteiger partial charge in [-0.1, -0.05) is 48.5 Å². The lowest BCUT2D eigenvalue weighted by Gasteiger charge is -2.27. The van der Waals surface area contributed by atoms with Gasteiger partial charge in [0.2, 0.25) is 10.0 Å². The molecule has 1 atom stereocenters. The molecule has 2 N–H and O–H groups in total. The molecular formula is C24H25N3O5S2. The van der Waals surface area contributed by atoms with Crippen LogP contribution in [0.3, 0.4) is 0 Å². The fraction of sp³-hybridized carbons (Fsp3) is 0.208. The third-order valence-corrected chi connectivity index (χ3v) is 8.43. The van der Waals surface area contributed by atoms with E-state index in [0.29, 0.717) is 5.56 Å². The zero-order valence-corrected chi connectivity index (χ0v) is 20.3. The highest BCUT2D eigenvalue weighted by molar-refractivity contribution is 7.89. The summed E-state index contributed by atoms with van der Waals surface area (Å²) in [6, 6.07) is 20.1. The SMILES string of the molecule is CC(C)N1C(=O)N(S(=O)(=O)c2ccccc2)CC1c1cccc(-c2cccc(S(N)(=O)=O)c2)c1. The fourth-order valence-electron chi connectivity index (χ4n) is 4.13. The maximum absolute atomic E-state index is 13.3. The first-order valence-electron chi connectivity index (χ1n) is 10.6. The van der Waals surface area contributed by atoms with Gasteiger partial charge < -0.3 is 4.90 Å². The molecule has 2 amide bonds. The Kier molecular flexibility index (Phi) is 6.24.